The molecule has 1 atom stereocenters. The number of cyclic esters (lactones) is 1. The van der Waals surface area contributed by atoms with Crippen molar-refractivity contribution in [1.82, 2.24) is 9.55 Å². The average molecular weight is 356 g/mol. The first-order valence-electron chi connectivity index (χ1n) is 7.74. The second-order valence-electron chi connectivity index (χ2n) is 5.59. The van der Waals surface area contributed by atoms with E-state index >= 15 is 0 Å². The zero-order valence-electron chi connectivity index (χ0n) is 13.0. The molecule has 2 heterocycles. The van der Waals surface area contributed by atoms with Crippen LogP contribution in [0.1, 0.15) is 6.42 Å². The Bertz CT molecular complexity index is 1020. The zero-order valence-corrected chi connectivity index (χ0v) is 13.8. The minimum atomic E-state index is -0.403. The van der Waals surface area contributed by atoms with Gasteiger partial charge in [0.15, 0.2) is 5.16 Å². The van der Waals surface area contributed by atoms with Crippen molar-refractivity contribution in [3.8, 4) is 5.69 Å². The molecule has 0 unspecified atom stereocenters. The van der Waals surface area contributed by atoms with Gasteiger partial charge in [-0.3, -0.25) is 14.2 Å². The van der Waals surface area contributed by atoms with Gasteiger partial charge in [-0.1, -0.05) is 23.9 Å². The molecule has 2 aromatic carbocycles. The molecule has 0 aliphatic carbocycles. The van der Waals surface area contributed by atoms with Crippen LogP contribution in [0.4, 0.5) is 4.39 Å². The van der Waals surface area contributed by atoms with Crippen LogP contribution in [0.15, 0.2) is 58.5 Å². The van der Waals surface area contributed by atoms with Crippen LogP contribution in [0.2, 0.25) is 0 Å². The van der Waals surface area contributed by atoms with Crippen LogP contribution >= 0.6 is 11.8 Å². The van der Waals surface area contributed by atoms with E-state index in [0.29, 0.717) is 34.8 Å². The first-order valence-corrected chi connectivity index (χ1v) is 8.62. The highest BCUT2D eigenvalue weighted by Crippen LogP contribution is 2.30. The molecular weight excluding hydrogens is 343 g/mol. The number of benzene rings is 2. The predicted molar refractivity (Wildman–Crippen MR) is 92.5 cm³/mol. The summed E-state index contributed by atoms with van der Waals surface area (Å²) in [6.45, 7) is 0.366. The van der Waals surface area contributed by atoms with Crippen molar-refractivity contribution in [3.63, 3.8) is 0 Å². The lowest BCUT2D eigenvalue weighted by molar-refractivity contribution is -0.137. The lowest BCUT2D eigenvalue weighted by Gasteiger charge is -2.14. The number of para-hydroxylation sites is 1. The smallest absolute Gasteiger partial charge is 0.319 e. The van der Waals surface area contributed by atoms with Crippen LogP contribution in [0.5, 0.6) is 0 Å². The number of thioether (sulfide) groups is 1. The van der Waals surface area contributed by atoms with Gasteiger partial charge in [-0.2, -0.15) is 0 Å². The summed E-state index contributed by atoms with van der Waals surface area (Å²) in [6.07, 6.45) is 0.565. The van der Waals surface area contributed by atoms with Crippen molar-refractivity contribution >= 4 is 28.6 Å². The molecule has 1 aliphatic heterocycles. The third-order valence-corrected chi connectivity index (χ3v) is 5.16. The third kappa shape index (κ3) is 2.91. The van der Waals surface area contributed by atoms with E-state index in [1.165, 1.54) is 40.6 Å². The molecule has 126 valence electrons. The molecule has 0 saturated carbocycles. The Morgan fingerprint density at radius 1 is 1.12 bits per heavy atom. The summed E-state index contributed by atoms with van der Waals surface area (Å²) < 4.78 is 19.7. The summed E-state index contributed by atoms with van der Waals surface area (Å²) in [6, 6.07) is 12.6. The lowest BCUT2D eigenvalue weighted by atomic mass is 10.2. The maximum atomic E-state index is 13.3. The summed E-state index contributed by atoms with van der Waals surface area (Å²) >= 11 is 1.20. The molecule has 0 spiro atoms. The van der Waals surface area contributed by atoms with Crippen molar-refractivity contribution in [1.29, 1.82) is 0 Å². The summed E-state index contributed by atoms with van der Waals surface area (Å²) in [7, 11) is 0. The Labute approximate surface area is 146 Å². The minimum absolute atomic E-state index is 0.258. The maximum absolute atomic E-state index is 13.3. The molecule has 0 radical (unpaired) electrons. The van der Waals surface area contributed by atoms with Gasteiger partial charge in [0.25, 0.3) is 5.56 Å². The number of carbonyl (C=O) groups is 1. The van der Waals surface area contributed by atoms with Gasteiger partial charge in [0.05, 0.1) is 23.2 Å². The quantitative estimate of drug-likeness (QED) is 0.533. The van der Waals surface area contributed by atoms with E-state index in [4.69, 9.17) is 4.74 Å². The lowest BCUT2D eigenvalue weighted by Crippen LogP contribution is -2.23. The van der Waals surface area contributed by atoms with Crippen LogP contribution < -0.4 is 5.56 Å². The largest absolute Gasteiger partial charge is 0.465 e. The van der Waals surface area contributed by atoms with E-state index in [1.54, 1.807) is 24.3 Å². The van der Waals surface area contributed by atoms with E-state index in [1.807, 2.05) is 0 Å². The van der Waals surface area contributed by atoms with Crippen molar-refractivity contribution in [2.75, 3.05) is 6.61 Å². The first kappa shape index (κ1) is 15.8. The number of hydrogen-bond donors (Lipinski definition) is 0. The van der Waals surface area contributed by atoms with E-state index in [0.717, 1.165) is 0 Å². The summed E-state index contributed by atoms with van der Waals surface area (Å²) in [5.74, 6) is -0.697. The number of ether oxygens (including phenoxy) is 1. The van der Waals surface area contributed by atoms with Crippen LogP contribution in [0.25, 0.3) is 16.6 Å². The fourth-order valence-electron chi connectivity index (χ4n) is 2.72. The number of fused-ring (bicyclic) bond motifs is 1. The van der Waals surface area contributed by atoms with Crippen LogP contribution in [-0.2, 0) is 9.53 Å². The van der Waals surface area contributed by atoms with Gasteiger partial charge < -0.3 is 4.74 Å². The van der Waals surface area contributed by atoms with Gasteiger partial charge in [-0.15, -0.1) is 0 Å². The Morgan fingerprint density at radius 2 is 1.88 bits per heavy atom. The number of halogens is 1. The highest BCUT2D eigenvalue weighted by molar-refractivity contribution is 8.00. The number of rotatable bonds is 3. The average Bonchev–Trinajstić information content (AvgIpc) is 3.01. The Kier molecular flexibility index (Phi) is 4.01. The summed E-state index contributed by atoms with van der Waals surface area (Å²) in [5, 5.41) is 0.448. The fraction of sp³-hybridized carbons (Fsp3) is 0.167. The van der Waals surface area contributed by atoms with E-state index < -0.39 is 5.25 Å². The summed E-state index contributed by atoms with van der Waals surface area (Å²) in [5.41, 5.74) is 0.796. The topological polar surface area (TPSA) is 61.2 Å². The third-order valence-electron chi connectivity index (χ3n) is 3.96. The molecule has 1 fully saturated rings. The van der Waals surface area contributed by atoms with E-state index in [9.17, 15) is 14.0 Å². The van der Waals surface area contributed by atoms with Gasteiger partial charge >= 0.3 is 5.97 Å². The molecule has 25 heavy (non-hydrogen) atoms. The van der Waals surface area contributed by atoms with Gasteiger partial charge in [0.2, 0.25) is 0 Å². The van der Waals surface area contributed by atoms with E-state index in [2.05, 4.69) is 4.98 Å². The van der Waals surface area contributed by atoms with Gasteiger partial charge in [0, 0.05) is 6.42 Å². The molecule has 3 aromatic rings. The Hall–Kier alpha value is -2.67. The number of aromatic nitrogens is 2. The molecule has 0 bridgehead atoms. The van der Waals surface area contributed by atoms with Crippen molar-refractivity contribution in [3.05, 3.63) is 64.7 Å². The van der Waals surface area contributed by atoms with Crippen LogP contribution in [0, 0.1) is 5.82 Å². The van der Waals surface area contributed by atoms with Gasteiger partial charge in [-0.05, 0) is 36.4 Å². The highest BCUT2D eigenvalue weighted by atomic mass is 32.2. The van der Waals surface area contributed by atoms with Crippen LogP contribution in [-0.4, -0.2) is 27.4 Å². The molecule has 5 nitrogen and oxygen atoms in total. The number of hydrogen-bond acceptors (Lipinski definition) is 5. The monoisotopic (exact) mass is 356 g/mol. The first-order chi connectivity index (χ1) is 12.1. The SMILES string of the molecule is O=C1OCC[C@H]1Sc1nc2ccccc2c(=O)n1-c1ccc(F)cc1. The second-order valence-corrected chi connectivity index (χ2v) is 6.76. The number of nitrogens with zero attached hydrogens (tertiary/aromatic N) is 2. The summed E-state index contributed by atoms with van der Waals surface area (Å²) in [4.78, 5) is 29.4. The van der Waals surface area contributed by atoms with Crippen LogP contribution in [0.3, 0.4) is 0 Å². The normalized spacial score (nSPS) is 17.0. The molecule has 0 amide bonds. The maximum Gasteiger partial charge on any atom is 0.319 e. The second kappa shape index (κ2) is 6.33. The number of carbonyl (C=O) groups excluding carboxylic acids is 1. The predicted octanol–water partition coefficient (Wildman–Crippen LogP) is 2.93. The van der Waals surface area contributed by atoms with Gasteiger partial charge in [-0.25, -0.2) is 9.37 Å². The van der Waals surface area contributed by atoms with Crippen molar-refractivity contribution in [2.45, 2.75) is 16.8 Å². The molecule has 4 rings (SSSR count). The molecular formula is C18H13FN2O3S. The molecule has 1 aliphatic rings. The van der Waals surface area contributed by atoms with Gasteiger partial charge in [0.1, 0.15) is 11.1 Å². The Balaban J connectivity index is 1.92. The fourth-order valence-corrected chi connectivity index (χ4v) is 3.80. The molecule has 7 heteroatoms. The minimum Gasteiger partial charge on any atom is -0.465 e. The highest BCUT2D eigenvalue weighted by Gasteiger charge is 2.29. The standard InChI is InChI=1S/C18H13FN2O3S/c19-11-5-7-12(8-6-11)21-16(22)13-3-1-2-4-14(13)20-18(21)25-15-9-10-24-17(15)23/h1-8,15H,9-10H2/t15-/m1/s1. The molecule has 1 aromatic heterocycles. The molecule has 1 saturated heterocycles. The zero-order chi connectivity index (χ0) is 17.4. The van der Waals surface area contributed by atoms with E-state index in [-0.39, 0.29) is 17.3 Å². The van der Waals surface area contributed by atoms with Crippen molar-refractivity contribution in [2.24, 2.45) is 0 Å². The Morgan fingerprint density at radius 3 is 2.60 bits per heavy atom. The van der Waals surface area contributed by atoms with Crippen molar-refractivity contribution < 1.29 is 13.9 Å². The number of esters is 1. The molecule has 0 N–H and O–H groups in total.